The Balaban J connectivity index is 1.75. The first-order chi connectivity index (χ1) is 10.6. The Hall–Kier alpha value is -1.25. The van der Waals surface area contributed by atoms with Crippen LogP contribution in [0.1, 0.15) is 24.5 Å². The zero-order valence-electron chi connectivity index (χ0n) is 12.8. The lowest BCUT2D eigenvalue weighted by Crippen LogP contribution is -2.39. The van der Waals surface area contributed by atoms with Crippen LogP contribution in [0.2, 0.25) is 0 Å². The zero-order chi connectivity index (χ0) is 15.6. The molecular weight excluding hydrogens is 304 g/mol. The van der Waals surface area contributed by atoms with Gasteiger partial charge in [0.1, 0.15) is 0 Å². The number of piperidine rings is 1. The molecule has 7 nitrogen and oxygen atoms in total. The van der Waals surface area contributed by atoms with Crippen LogP contribution in [0, 0.1) is 0 Å². The van der Waals surface area contributed by atoms with Crippen molar-refractivity contribution in [3.63, 3.8) is 0 Å². The van der Waals surface area contributed by atoms with Crippen molar-refractivity contribution in [1.82, 2.24) is 14.3 Å². The Labute approximate surface area is 131 Å². The summed E-state index contributed by atoms with van der Waals surface area (Å²) in [5, 5.41) is 0. The number of anilines is 1. The Morgan fingerprint density at radius 3 is 2.36 bits per heavy atom. The minimum absolute atomic E-state index is 0.268. The number of aromatic nitrogens is 2. The molecule has 2 aliphatic rings. The molecule has 1 aromatic heterocycles. The second-order valence-electron chi connectivity index (χ2n) is 5.80. The molecule has 0 amide bonds. The summed E-state index contributed by atoms with van der Waals surface area (Å²) in [5.41, 5.74) is 0.998. The fraction of sp³-hybridized carbons (Fsp3) is 0.714. The molecule has 0 aliphatic carbocycles. The van der Waals surface area contributed by atoms with Gasteiger partial charge in [0.15, 0.2) is 5.82 Å². The average Bonchev–Trinajstić information content (AvgIpc) is 2.55. The molecule has 8 heteroatoms. The van der Waals surface area contributed by atoms with Crippen molar-refractivity contribution in [1.29, 1.82) is 0 Å². The fourth-order valence-corrected chi connectivity index (χ4v) is 3.98. The van der Waals surface area contributed by atoms with Gasteiger partial charge in [0, 0.05) is 44.5 Å². The van der Waals surface area contributed by atoms with Crippen LogP contribution < -0.4 is 4.90 Å². The van der Waals surface area contributed by atoms with Gasteiger partial charge < -0.3 is 9.64 Å². The minimum Gasteiger partial charge on any atom is -0.378 e. The number of morpholine rings is 1. The van der Waals surface area contributed by atoms with Gasteiger partial charge >= 0.3 is 0 Å². The highest BCUT2D eigenvalue weighted by atomic mass is 32.2. The molecule has 0 unspecified atom stereocenters. The van der Waals surface area contributed by atoms with Gasteiger partial charge in [-0.3, -0.25) is 4.98 Å². The lowest BCUT2D eigenvalue weighted by atomic mass is 9.94. The molecule has 3 rings (SSSR count). The molecule has 2 fully saturated rings. The van der Waals surface area contributed by atoms with E-state index in [9.17, 15) is 8.42 Å². The van der Waals surface area contributed by atoms with E-state index < -0.39 is 10.0 Å². The summed E-state index contributed by atoms with van der Waals surface area (Å²) in [6.45, 7) is 4.19. The number of rotatable bonds is 3. The highest BCUT2D eigenvalue weighted by molar-refractivity contribution is 7.88. The number of hydrogen-bond donors (Lipinski definition) is 0. The van der Waals surface area contributed by atoms with Gasteiger partial charge in [-0.15, -0.1) is 0 Å². The molecule has 0 N–H and O–H groups in total. The number of sulfonamides is 1. The Bertz CT molecular complexity index is 608. The normalized spacial score (nSPS) is 22.0. The van der Waals surface area contributed by atoms with E-state index in [-0.39, 0.29) is 5.92 Å². The third-order valence-electron chi connectivity index (χ3n) is 4.33. The summed E-state index contributed by atoms with van der Waals surface area (Å²) in [4.78, 5) is 11.3. The molecule has 0 radical (unpaired) electrons. The van der Waals surface area contributed by atoms with E-state index in [0.717, 1.165) is 37.4 Å². The van der Waals surface area contributed by atoms with Crippen LogP contribution in [0.5, 0.6) is 0 Å². The van der Waals surface area contributed by atoms with Gasteiger partial charge in [0.05, 0.1) is 25.2 Å². The predicted molar refractivity (Wildman–Crippen MR) is 83.5 cm³/mol. The lowest BCUT2D eigenvalue weighted by molar-refractivity contribution is 0.122. The van der Waals surface area contributed by atoms with Crippen molar-refractivity contribution in [2.24, 2.45) is 0 Å². The lowest BCUT2D eigenvalue weighted by Gasteiger charge is -2.33. The first kappa shape index (κ1) is 15.6. The van der Waals surface area contributed by atoms with Crippen molar-refractivity contribution in [2.45, 2.75) is 18.8 Å². The highest BCUT2D eigenvalue weighted by Gasteiger charge is 2.29. The molecule has 2 saturated heterocycles. The standard InChI is InChI=1S/C14H22N4O3S/c1-22(19,20)18-6-2-12(3-7-18)13-14(16-5-4-15-13)17-8-10-21-11-9-17/h4-5,12H,2-3,6-11H2,1H3. The van der Waals surface area contributed by atoms with Crippen LogP contribution >= 0.6 is 0 Å². The van der Waals surface area contributed by atoms with Crippen LogP contribution in [0.4, 0.5) is 5.82 Å². The van der Waals surface area contributed by atoms with E-state index in [4.69, 9.17) is 4.74 Å². The van der Waals surface area contributed by atoms with Crippen molar-refractivity contribution in [3.8, 4) is 0 Å². The highest BCUT2D eigenvalue weighted by Crippen LogP contribution is 2.32. The molecule has 122 valence electrons. The average molecular weight is 326 g/mol. The third kappa shape index (κ3) is 3.39. The fourth-order valence-electron chi connectivity index (χ4n) is 3.11. The molecule has 22 heavy (non-hydrogen) atoms. The molecule has 0 atom stereocenters. The van der Waals surface area contributed by atoms with Gasteiger partial charge in [-0.05, 0) is 12.8 Å². The summed E-state index contributed by atoms with van der Waals surface area (Å²) in [6, 6.07) is 0. The summed E-state index contributed by atoms with van der Waals surface area (Å²) >= 11 is 0. The van der Waals surface area contributed by atoms with Gasteiger partial charge in [-0.1, -0.05) is 0 Å². The number of nitrogens with zero attached hydrogens (tertiary/aromatic N) is 4. The molecular formula is C14H22N4O3S. The van der Waals surface area contributed by atoms with E-state index >= 15 is 0 Å². The van der Waals surface area contributed by atoms with Crippen molar-refractivity contribution >= 4 is 15.8 Å². The van der Waals surface area contributed by atoms with Crippen LogP contribution in [-0.2, 0) is 14.8 Å². The molecule has 2 aliphatic heterocycles. The quantitative estimate of drug-likeness (QED) is 0.803. The Morgan fingerprint density at radius 2 is 1.73 bits per heavy atom. The first-order valence-electron chi connectivity index (χ1n) is 7.64. The first-order valence-corrected chi connectivity index (χ1v) is 9.49. The van der Waals surface area contributed by atoms with E-state index in [1.54, 1.807) is 16.7 Å². The van der Waals surface area contributed by atoms with Gasteiger partial charge in [0.25, 0.3) is 0 Å². The van der Waals surface area contributed by atoms with Crippen molar-refractivity contribution in [2.75, 3.05) is 50.5 Å². The minimum atomic E-state index is -3.09. The third-order valence-corrected chi connectivity index (χ3v) is 5.63. The van der Waals surface area contributed by atoms with Crippen LogP contribution in [0.25, 0.3) is 0 Å². The Kier molecular flexibility index (Phi) is 4.60. The monoisotopic (exact) mass is 326 g/mol. The predicted octanol–water partition coefficient (Wildman–Crippen LogP) is 0.452. The summed E-state index contributed by atoms with van der Waals surface area (Å²) in [7, 11) is -3.09. The SMILES string of the molecule is CS(=O)(=O)N1CCC(c2nccnc2N2CCOCC2)CC1. The van der Waals surface area contributed by atoms with Crippen LogP contribution in [0.15, 0.2) is 12.4 Å². The molecule has 0 saturated carbocycles. The smallest absolute Gasteiger partial charge is 0.211 e. The molecule has 0 bridgehead atoms. The number of ether oxygens (including phenoxy) is 1. The van der Waals surface area contributed by atoms with E-state index in [1.165, 1.54) is 6.26 Å². The molecule has 3 heterocycles. The zero-order valence-corrected chi connectivity index (χ0v) is 13.6. The maximum absolute atomic E-state index is 11.6. The molecule has 1 aromatic rings. The van der Waals surface area contributed by atoms with Crippen LogP contribution in [0.3, 0.4) is 0 Å². The molecule has 0 spiro atoms. The number of hydrogen-bond acceptors (Lipinski definition) is 6. The van der Waals surface area contributed by atoms with Gasteiger partial charge in [-0.25, -0.2) is 17.7 Å². The van der Waals surface area contributed by atoms with Gasteiger partial charge in [0.2, 0.25) is 10.0 Å². The van der Waals surface area contributed by atoms with E-state index in [0.29, 0.717) is 26.3 Å². The van der Waals surface area contributed by atoms with Crippen LogP contribution in [-0.4, -0.2) is 68.3 Å². The Morgan fingerprint density at radius 1 is 1.09 bits per heavy atom. The summed E-state index contributed by atoms with van der Waals surface area (Å²) in [5.74, 6) is 1.20. The maximum atomic E-state index is 11.6. The largest absolute Gasteiger partial charge is 0.378 e. The summed E-state index contributed by atoms with van der Waals surface area (Å²) in [6.07, 6.45) is 6.31. The second-order valence-corrected chi connectivity index (χ2v) is 7.78. The van der Waals surface area contributed by atoms with E-state index in [1.807, 2.05) is 0 Å². The summed E-state index contributed by atoms with van der Waals surface area (Å²) < 4.78 is 30.2. The topological polar surface area (TPSA) is 75.6 Å². The molecule has 0 aromatic carbocycles. The second kappa shape index (κ2) is 6.47. The van der Waals surface area contributed by atoms with Crippen molar-refractivity contribution in [3.05, 3.63) is 18.1 Å². The van der Waals surface area contributed by atoms with Gasteiger partial charge in [-0.2, -0.15) is 0 Å². The maximum Gasteiger partial charge on any atom is 0.211 e. The van der Waals surface area contributed by atoms with Crippen molar-refractivity contribution < 1.29 is 13.2 Å². The van der Waals surface area contributed by atoms with E-state index in [2.05, 4.69) is 14.9 Å².